The number of hydrogen-bond donors (Lipinski definition) is 1. The van der Waals surface area contributed by atoms with E-state index in [0.717, 1.165) is 43.1 Å². The van der Waals surface area contributed by atoms with Gasteiger partial charge >= 0.3 is 0 Å². The number of rotatable bonds is 4. The number of likely N-dealkylation sites (tertiary alicyclic amines) is 1. The van der Waals surface area contributed by atoms with E-state index in [1.165, 1.54) is 19.3 Å². The molecule has 4 heteroatoms. The molecule has 0 aliphatic carbocycles. The Morgan fingerprint density at radius 3 is 2.90 bits per heavy atom. The smallest absolute Gasteiger partial charge is 0.176 e. The van der Waals surface area contributed by atoms with E-state index < -0.39 is 0 Å². The Balaban J connectivity index is 1.67. The molecule has 2 aliphatic rings. The molecule has 0 amide bonds. The SMILES string of the molecule is CCC1CNc2cc(C(=O)CN3CCCCC3)ccc2O1. The molecule has 0 bridgehead atoms. The van der Waals surface area contributed by atoms with Crippen LogP contribution in [0.1, 0.15) is 43.0 Å². The molecule has 2 aliphatic heterocycles. The summed E-state index contributed by atoms with van der Waals surface area (Å²) in [6.45, 7) is 5.57. The number of ketones is 1. The number of ether oxygens (including phenoxy) is 1. The van der Waals surface area contributed by atoms with Crippen LogP contribution in [0.25, 0.3) is 0 Å². The fourth-order valence-electron chi connectivity index (χ4n) is 3.03. The summed E-state index contributed by atoms with van der Waals surface area (Å²) in [6.07, 6.45) is 4.94. The van der Waals surface area contributed by atoms with Crippen LogP contribution in [0.5, 0.6) is 5.75 Å². The monoisotopic (exact) mass is 288 g/mol. The molecule has 2 heterocycles. The molecule has 1 atom stereocenters. The number of fused-ring (bicyclic) bond motifs is 1. The lowest BCUT2D eigenvalue weighted by molar-refractivity contribution is 0.0915. The van der Waals surface area contributed by atoms with E-state index in [-0.39, 0.29) is 11.9 Å². The van der Waals surface area contributed by atoms with Gasteiger partial charge in [-0.15, -0.1) is 0 Å². The Kier molecular flexibility index (Phi) is 4.44. The summed E-state index contributed by atoms with van der Waals surface area (Å²) in [5.74, 6) is 1.07. The Labute approximate surface area is 126 Å². The van der Waals surface area contributed by atoms with Crippen LogP contribution in [0.15, 0.2) is 18.2 Å². The molecule has 1 unspecified atom stereocenters. The van der Waals surface area contributed by atoms with Gasteiger partial charge in [0.25, 0.3) is 0 Å². The average molecular weight is 288 g/mol. The molecule has 1 fully saturated rings. The molecule has 114 valence electrons. The van der Waals surface area contributed by atoms with E-state index in [9.17, 15) is 4.79 Å². The van der Waals surface area contributed by atoms with Crippen molar-refractivity contribution in [2.45, 2.75) is 38.7 Å². The van der Waals surface area contributed by atoms with Gasteiger partial charge in [-0.2, -0.15) is 0 Å². The molecule has 0 aromatic heterocycles. The molecular weight excluding hydrogens is 264 g/mol. The van der Waals surface area contributed by atoms with Crippen molar-refractivity contribution in [2.24, 2.45) is 0 Å². The predicted octanol–water partition coefficient (Wildman–Crippen LogP) is 2.94. The van der Waals surface area contributed by atoms with Gasteiger partial charge in [0.2, 0.25) is 0 Å². The molecule has 3 rings (SSSR count). The van der Waals surface area contributed by atoms with Crippen LogP contribution in [0.2, 0.25) is 0 Å². The third kappa shape index (κ3) is 3.38. The van der Waals surface area contributed by atoms with Gasteiger partial charge in [0, 0.05) is 5.56 Å². The van der Waals surface area contributed by atoms with Gasteiger partial charge in [-0.1, -0.05) is 13.3 Å². The minimum absolute atomic E-state index is 0.208. The number of carbonyl (C=O) groups is 1. The molecule has 0 radical (unpaired) electrons. The van der Waals surface area contributed by atoms with Gasteiger partial charge in [0.15, 0.2) is 5.78 Å². The average Bonchev–Trinajstić information content (AvgIpc) is 2.54. The van der Waals surface area contributed by atoms with Crippen LogP contribution in [-0.2, 0) is 0 Å². The highest BCUT2D eigenvalue weighted by Crippen LogP contribution is 2.30. The zero-order valence-corrected chi connectivity index (χ0v) is 12.7. The number of Topliss-reactive ketones (excluding diaryl/α,β-unsaturated/α-hetero) is 1. The third-order valence-electron chi connectivity index (χ3n) is 4.39. The van der Waals surface area contributed by atoms with Crippen LogP contribution >= 0.6 is 0 Å². The third-order valence-corrected chi connectivity index (χ3v) is 4.39. The van der Waals surface area contributed by atoms with Crippen molar-refractivity contribution in [3.63, 3.8) is 0 Å². The highest BCUT2D eigenvalue weighted by molar-refractivity contribution is 5.98. The first-order chi connectivity index (χ1) is 10.3. The highest BCUT2D eigenvalue weighted by atomic mass is 16.5. The lowest BCUT2D eigenvalue weighted by Gasteiger charge is -2.27. The Morgan fingerprint density at radius 2 is 2.14 bits per heavy atom. The maximum Gasteiger partial charge on any atom is 0.176 e. The molecule has 0 saturated carbocycles. The summed E-state index contributed by atoms with van der Waals surface area (Å²) < 4.78 is 5.88. The fourth-order valence-corrected chi connectivity index (χ4v) is 3.03. The number of benzene rings is 1. The second-order valence-electron chi connectivity index (χ2n) is 6.00. The second-order valence-corrected chi connectivity index (χ2v) is 6.00. The molecule has 21 heavy (non-hydrogen) atoms. The summed E-state index contributed by atoms with van der Waals surface area (Å²) in [5.41, 5.74) is 1.73. The zero-order chi connectivity index (χ0) is 14.7. The summed E-state index contributed by atoms with van der Waals surface area (Å²) in [5, 5.41) is 3.37. The van der Waals surface area contributed by atoms with Crippen LogP contribution in [0.4, 0.5) is 5.69 Å². The fraction of sp³-hybridized carbons (Fsp3) is 0.588. The topological polar surface area (TPSA) is 41.6 Å². The molecule has 0 spiro atoms. The Hall–Kier alpha value is -1.55. The van der Waals surface area contributed by atoms with Gasteiger partial charge in [-0.3, -0.25) is 9.69 Å². The first-order valence-corrected chi connectivity index (χ1v) is 8.06. The Bertz CT molecular complexity index is 510. The summed E-state index contributed by atoms with van der Waals surface area (Å²) in [6, 6.07) is 5.76. The van der Waals surface area contributed by atoms with Crippen molar-refractivity contribution in [3.05, 3.63) is 23.8 Å². The van der Waals surface area contributed by atoms with Gasteiger partial charge in [0.05, 0.1) is 18.8 Å². The van der Waals surface area contributed by atoms with E-state index in [1.807, 2.05) is 18.2 Å². The van der Waals surface area contributed by atoms with Crippen LogP contribution in [-0.4, -0.2) is 43.0 Å². The molecular formula is C17H24N2O2. The van der Waals surface area contributed by atoms with Crippen molar-refractivity contribution >= 4 is 11.5 Å². The molecule has 4 nitrogen and oxygen atoms in total. The van der Waals surface area contributed by atoms with E-state index in [0.29, 0.717) is 6.54 Å². The van der Waals surface area contributed by atoms with Crippen molar-refractivity contribution in [2.75, 3.05) is 31.5 Å². The lowest BCUT2D eigenvalue weighted by Crippen LogP contribution is -2.34. The summed E-state index contributed by atoms with van der Waals surface area (Å²) in [7, 11) is 0. The first kappa shape index (κ1) is 14.4. The standard InChI is InChI=1S/C17H24N2O2/c1-2-14-11-18-15-10-13(6-7-17(15)21-14)16(20)12-19-8-4-3-5-9-19/h6-7,10,14,18H,2-5,8-9,11-12H2,1H3. The van der Waals surface area contributed by atoms with Crippen molar-refractivity contribution in [3.8, 4) is 5.75 Å². The van der Waals surface area contributed by atoms with Crippen molar-refractivity contribution in [1.29, 1.82) is 0 Å². The predicted molar refractivity (Wildman–Crippen MR) is 84.3 cm³/mol. The molecule has 1 saturated heterocycles. The second kappa shape index (κ2) is 6.48. The van der Waals surface area contributed by atoms with Gasteiger partial charge in [-0.05, 0) is 50.6 Å². The number of nitrogens with one attached hydrogen (secondary N) is 1. The summed E-state index contributed by atoms with van der Waals surface area (Å²) >= 11 is 0. The minimum Gasteiger partial charge on any atom is -0.486 e. The maximum absolute atomic E-state index is 12.4. The lowest BCUT2D eigenvalue weighted by atomic mass is 10.1. The van der Waals surface area contributed by atoms with Gasteiger partial charge in [0.1, 0.15) is 11.9 Å². The van der Waals surface area contributed by atoms with Crippen LogP contribution < -0.4 is 10.1 Å². The minimum atomic E-state index is 0.208. The number of anilines is 1. The van der Waals surface area contributed by atoms with Crippen LogP contribution in [0.3, 0.4) is 0 Å². The largest absolute Gasteiger partial charge is 0.486 e. The zero-order valence-electron chi connectivity index (χ0n) is 12.7. The van der Waals surface area contributed by atoms with E-state index in [2.05, 4.69) is 17.1 Å². The normalized spacial score (nSPS) is 22.0. The molecule has 1 N–H and O–H groups in total. The van der Waals surface area contributed by atoms with E-state index >= 15 is 0 Å². The number of carbonyl (C=O) groups excluding carboxylic acids is 1. The van der Waals surface area contributed by atoms with Crippen molar-refractivity contribution in [1.82, 2.24) is 4.90 Å². The molecule has 1 aromatic rings. The van der Waals surface area contributed by atoms with Gasteiger partial charge in [-0.25, -0.2) is 0 Å². The number of piperidine rings is 1. The first-order valence-electron chi connectivity index (χ1n) is 8.06. The van der Waals surface area contributed by atoms with Crippen LogP contribution in [0, 0.1) is 0 Å². The van der Waals surface area contributed by atoms with Gasteiger partial charge < -0.3 is 10.1 Å². The van der Waals surface area contributed by atoms with E-state index in [1.54, 1.807) is 0 Å². The number of nitrogens with zero attached hydrogens (tertiary/aromatic N) is 1. The maximum atomic E-state index is 12.4. The number of hydrogen-bond acceptors (Lipinski definition) is 4. The highest BCUT2D eigenvalue weighted by Gasteiger charge is 2.20. The van der Waals surface area contributed by atoms with E-state index in [4.69, 9.17) is 4.74 Å². The van der Waals surface area contributed by atoms with Crippen molar-refractivity contribution < 1.29 is 9.53 Å². The summed E-state index contributed by atoms with van der Waals surface area (Å²) in [4.78, 5) is 14.7. The molecule has 1 aromatic carbocycles. The Morgan fingerprint density at radius 1 is 1.33 bits per heavy atom. The quantitative estimate of drug-likeness (QED) is 0.865.